The summed E-state index contributed by atoms with van der Waals surface area (Å²) < 4.78 is 28.3. The van der Waals surface area contributed by atoms with Crippen LogP contribution in [-0.2, 0) is 10.0 Å². The van der Waals surface area contributed by atoms with E-state index in [0.29, 0.717) is 23.0 Å². The molecule has 3 aromatic carbocycles. The molecule has 0 radical (unpaired) electrons. The second-order valence-corrected chi connectivity index (χ2v) is 9.87. The Balaban J connectivity index is 1.57. The monoisotopic (exact) mass is 425 g/mol. The first-order chi connectivity index (χ1) is 14.0. The maximum Gasteiger partial charge on any atom is 0.243 e. The molecule has 3 nitrogen and oxygen atoms in total. The molecule has 1 heterocycles. The normalized spacial score (nSPS) is 18.3. The fourth-order valence-corrected chi connectivity index (χ4v) is 5.58. The van der Waals surface area contributed by atoms with E-state index in [1.165, 1.54) is 0 Å². The first-order valence-corrected chi connectivity index (χ1v) is 11.8. The van der Waals surface area contributed by atoms with E-state index in [0.717, 1.165) is 36.0 Å². The van der Waals surface area contributed by atoms with Crippen LogP contribution in [0.15, 0.2) is 83.8 Å². The summed E-state index contributed by atoms with van der Waals surface area (Å²) in [5.74, 6) is 0.188. The molecule has 1 saturated heterocycles. The Hall–Kier alpha value is -2.14. The van der Waals surface area contributed by atoms with Crippen LogP contribution in [0.4, 0.5) is 0 Å². The molecule has 0 amide bonds. The number of benzene rings is 3. The van der Waals surface area contributed by atoms with Crippen molar-refractivity contribution < 1.29 is 8.42 Å². The van der Waals surface area contributed by atoms with Crippen LogP contribution in [-0.4, -0.2) is 25.8 Å². The lowest BCUT2D eigenvalue weighted by molar-refractivity contribution is 0.406. The molecule has 0 bridgehead atoms. The molecule has 1 atom stereocenters. The maximum absolute atomic E-state index is 13.3. The van der Waals surface area contributed by atoms with Crippen LogP contribution in [0.2, 0.25) is 5.02 Å². The molecule has 1 aliphatic rings. The van der Waals surface area contributed by atoms with E-state index >= 15 is 0 Å². The standard InChI is InChI=1S/C24H24ClNO2S/c25-23-13-9-21(10-14-23)22-8-4-5-17-26(18-22)29(27,28)24-15-11-20(12-16-24)19-6-2-1-3-7-19/h1-3,6-7,9-16,22H,4-5,8,17-18H2. The summed E-state index contributed by atoms with van der Waals surface area (Å²) in [5.41, 5.74) is 3.24. The minimum atomic E-state index is -3.53. The minimum Gasteiger partial charge on any atom is -0.207 e. The number of hydrogen-bond acceptors (Lipinski definition) is 2. The van der Waals surface area contributed by atoms with Crippen molar-refractivity contribution in [3.05, 3.63) is 89.4 Å². The van der Waals surface area contributed by atoms with E-state index in [4.69, 9.17) is 11.6 Å². The van der Waals surface area contributed by atoms with Crippen LogP contribution in [0, 0.1) is 0 Å². The molecule has 150 valence electrons. The lowest BCUT2D eigenvalue weighted by atomic mass is 9.95. The third-order valence-electron chi connectivity index (χ3n) is 5.57. The Morgan fingerprint density at radius 1 is 0.793 bits per heavy atom. The van der Waals surface area contributed by atoms with Crippen molar-refractivity contribution >= 4 is 21.6 Å². The topological polar surface area (TPSA) is 37.4 Å². The van der Waals surface area contributed by atoms with Gasteiger partial charge in [0.2, 0.25) is 10.0 Å². The predicted molar refractivity (Wildman–Crippen MR) is 119 cm³/mol. The Morgan fingerprint density at radius 3 is 2.14 bits per heavy atom. The van der Waals surface area contributed by atoms with Crippen LogP contribution in [0.3, 0.4) is 0 Å². The Bertz CT molecular complexity index is 1050. The Kier molecular flexibility index (Phi) is 6.04. The average molecular weight is 426 g/mol. The minimum absolute atomic E-state index is 0.188. The Morgan fingerprint density at radius 2 is 1.45 bits per heavy atom. The van der Waals surface area contributed by atoms with Crippen LogP contribution in [0.25, 0.3) is 11.1 Å². The van der Waals surface area contributed by atoms with Crippen molar-refractivity contribution in [2.45, 2.75) is 30.1 Å². The highest BCUT2D eigenvalue weighted by atomic mass is 35.5. The first-order valence-electron chi connectivity index (χ1n) is 9.95. The average Bonchev–Trinajstić information content (AvgIpc) is 3.02. The van der Waals surface area contributed by atoms with Gasteiger partial charge in [0.05, 0.1) is 4.90 Å². The quantitative estimate of drug-likeness (QED) is 0.516. The van der Waals surface area contributed by atoms with Crippen LogP contribution >= 0.6 is 11.6 Å². The Labute approximate surface area is 178 Å². The highest BCUT2D eigenvalue weighted by Crippen LogP contribution is 2.31. The maximum atomic E-state index is 13.3. The van der Waals surface area contributed by atoms with Crippen LogP contribution < -0.4 is 0 Å². The summed E-state index contributed by atoms with van der Waals surface area (Å²) in [6.45, 7) is 1.07. The molecule has 0 N–H and O–H groups in total. The fraction of sp³-hybridized carbons (Fsp3) is 0.250. The van der Waals surface area contributed by atoms with Gasteiger partial charge in [-0.05, 0) is 59.7 Å². The first kappa shape index (κ1) is 20.1. The third-order valence-corrected chi connectivity index (χ3v) is 7.71. The highest BCUT2D eigenvalue weighted by molar-refractivity contribution is 7.89. The molecule has 1 unspecified atom stereocenters. The molecule has 5 heteroatoms. The number of halogens is 1. The number of sulfonamides is 1. The molecule has 0 spiro atoms. The van der Waals surface area contributed by atoms with Gasteiger partial charge in [-0.25, -0.2) is 8.42 Å². The van der Waals surface area contributed by atoms with Crippen molar-refractivity contribution in [2.24, 2.45) is 0 Å². The molecule has 1 fully saturated rings. The molecule has 0 aliphatic carbocycles. The molecule has 1 aliphatic heterocycles. The molecule has 4 rings (SSSR count). The summed E-state index contributed by atoms with van der Waals surface area (Å²) in [4.78, 5) is 0.355. The predicted octanol–water partition coefficient (Wildman–Crippen LogP) is 5.97. The second-order valence-electron chi connectivity index (χ2n) is 7.50. The highest BCUT2D eigenvalue weighted by Gasteiger charge is 2.29. The van der Waals surface area contributed by atoms with Crippen LogP contribution in [0.1, 0.15) is 30.7 Å². The van der Waals surface area contributed by atoms with Gasteiger partial charge in [0, 0.05) is 18.1 Å². The molecule has 3 aromatic rings. The summed E-state index contributed by atoms with van der Waals surface area (Å²) in [5, 5.41) is 0.699. The van der Waals surface area contributed by atoms with Crippen molar-refractivity contribution in [2.75, 3.05) is 13.1 Å². The van der Waals surface area contributed by atoms with Gasteiger partial charge in [-0.3, -0.25) is 0 Å². The van der Waals surface area contributed by atoms with E-state index in [1.54, 1.807) is 16.4 Å². The van der Waals surface area contributed by atoms with Gasteiger partial charge in [-0.15, -0.1) is 0 Å². The van der Waals surface area contributed by atoms with E-state index < -0.39 is 10.0 Å². The van der Waals surface area contributed by atoms with Crippen LogP contribution in [0.5, 0.6) is 0 Å². The van der Waals surface area contributed by atoms with Crippen molar-refractivity contribution in [1.82, 2.24) is 4.31 Å². The van der Waals surface area contributed by atoms with Gasteiger partial charge in [0.25, 0.3) is 0 Å². The van der Waals surface area contributed by atoms with E-state index in [1.807, 2.05) is 66.7 Å². The molecule has 29 heavy (non-hydrogen) atoms. The number of nitrogens with zero attached hydrogens (tertiary/aromatic N) is 1. The summed E-state index contributed by atoms with van der Waals surface area (Å²) in [6.07, 6.45) is 2.89. The summed E-state index contributed by atoms with van der Waals surface area (Å²) in [6, 6.07) is 25.0. The summed E-state index contributed by atoms with van der Waals surface area (Å²) in [7, 11) is -3.53. The van der Waals surface area contributed by atoms with Crippen molar-refractivity contribution in [3.8, 4) is 11.1 Å². The fourth-order valence-electron chi connectivity index (χ4n) is 3.93. The number of hydrogen-bond donors (Lipinski definition) is 0. The molecule has 0 aromatic heterocycles. The van der Waals surface area contributed by atoms with Crippen molar-refractivity contribution in [3.63, 3.8) is 0 Å². The zero-order chi connectivity index (χ0) is 20.3. The van der Waals surface area contributed by atoms with Gasteiger partial charge in [-0.2, -0.15) is 4.31 Å². The SMILES string of the molecule is O=S(=O)(c1ccc(-c2ccccc2)cc1)N1CCCCC(c2ccc(Cl)cc2)C1. The van der Waals surface area contributed by atoms with E-state index in [2.05, 4.69) is 0 Å². The van der Waals surface area contributed by atoms with E-state index in [-0.39, 0.29) is 5.92 Å². The molecule has 0 saturated carbocycles. The second kappa shape index (κ2) is 8.70. The summed E-state index contributed by atoms with van der Waals surface area (Å²) >= 11 is 6.01. The third kappa shape index (κ3) is 4.55. The lowest BCUT2D eigenvalue weighted by Crippen LogP contribution is -2.34. The molecular formula is C24H24ClNO2S. The van der Waals surface area contributed by atoms with Gasteiger partial charge in [-0.1, -0.05) is 72.6 Å². The van der Waals surface area contributed by atoms with Gasteiger partial charge in [0.1, 0.15) is 0 Å². The van der Waals surface area contributed by atoms with Crippen molar-refractivity contribution in [1.29, 1.82) is 0 Å². The number of rotatable bonds is 4. The largest absolute Gasteiger partial charge is 0.243 e. The van der Waals surface area contributed by atoms with Gasteiger partial charge >= 0.3 is 0 Å². The molecular weight excluding hydrogens is 402 g/mol. The zero-order valence-electron chi connectivity index (χ0n) is 16.2. The smallest absolute Gasteiger partial charge is 0.207 e. The van der Waals surface area contributed by atoms with Gasteiger partial charge in [0.15, 0.2) is 0 Å². The zero-order valence-corrected chi connectivity index (χ0v) is 17.7. The van der Waals surface area contributed by atoms with E-state index in [9.17, 15) is 8.42 Å². The van der Waals surface area contributed by atoms with Gasteiger partial charge < -0.3 is 0 Å². The lowest BCUT2D eigenvalue weighted by Gasteiger charge is -2.24.